The van der Waals surface area contributed by atoms with Gasteiger partial charge < -0.3 is 10.4 Å². The van der Waals surface area contributed by atoms with Gasteiger partial charge in [-0.2, -0.15) is 13.2 Å². The van der Waals surface area contributed by atoms with Crippen molar-refractivity contribution in [2.75, 3.05) is 0 Å². The molecule has 0 aromatic heterocycles. The average molecular weight is 350 g/mol. The monoisotopic (exact) mass is 350 g/mol. The van der Waals surface area contributed by atoms with E-state index in [4.69, 9.17) is 5.11 Å². The second-order valence-corrected chi connectivity index (χ2v) is 6.04. The number of hydrogen-bond donors (Lipinski definition) is 2. The van der Waals surface area contributed by atoms with Gasteiger partial charge in [0.15, 0.2) is 0 Å². The van der Waals surface area contributed by atoms with Crippen molar-refractivity contribution in [1.29, 1.82) is 0 Å². The third-order valence-corrected chi connectivity index (χ3v) is 4.31. The van der Waals surface area contributed by atoms with E-state index < -0.39 is 24.0 Å². The van der Waals surface area contributed by atoms with Crippen LogP contribution in [0.2, 0.25) is 0 Å². The quantitative estimate of drug-likeness (QED) is 0.880. The maximum atomic E-state index is 12.7. The SMILES string of the molecule is O=C(O)NC(Cc1ccc(C(F)(F)F)cc1)N1Cc2ccccc2C1. The molecule has 25 heavy (non-hydrogen) atoms. The summed E-state index contributed by atoms with van der Waals surface area (Å²) in [5.74, 6) is 0. The molecule has 0 bridgehead atoms. The van der Waals surface area contributed by atoms with E-state index in [2.05, 4.69) is 5.32 Å². The molecule has 1 aliphatic heterocycles. The van der Waals surface area contributed by atoms with Gasteiger partial charge in [-0.15, -0.1) is 0 Å². The third kappa shape index (κ3) is 4.11. The molecule has 0 aliphatic carbocycles. The van der Waals surface area contributed by atoms with Crippen LogP contribution in [0.5, 0.6) is 0 Å². The largest absolute Gasteiger partial charge is 0.465 e. The van der Waals surface area contributed by atoms with E-state index in [1.807, 2.05) is 29.2 Å². The van der Waals surface area contributed by atoms with Crippen LogP contribution >= 0.6 is 0 Å². The lowest BCUT2D eigenvalue weighted by Gasteiger charge is -2.27. The first kappa shape index (κ1) is 17.3. The number of hydrogen-bond acceptors (Lipinski definition) is 2. The fourth-order valence-electron chi connectivity index (χ4n) is 3.05. The fourth-order valence-corrected chi connectivity index (χ4v) is 3.05. The molecule has 1 atom stereocenters. The number of carbonyl (C=O) groups is 1. The zero-order valence-electron chi connectivity index (χ0n) is 13.3. The van der Waals surface area contributed by atoms with Crippen LogP contribution in [0, 0.1) is 0 Å². The van der Waals surface area contributed by atoms with E-state index >= 15 is 0 Å². The highest BCUT2D eigenvalue weighted by atomic mass is 19.4. The molecular weight excluding hydrogens is 333 g/mol. The van der Waals surface area contributed by atoms with Crippen LogP contribution < -0.4 is 5.32 Å². The predicted octanol–water partition coefficient (Wildman–Crippen LogP) is 3.86. The zero-order valence-corrected chi connectivity index (χ0v) is 13.3. The Kier molecular flexibility index (Phi) is 4.67. The lowest BCUT2D eigenvalue weighted by molar-refractivity contribution is -0.137. The van der Waals surface area contributed by atoms with Crippen LogP contribution in [0.3, 0.4) is 0 Å². The molecule has 132 valence electrons. The van der Waals surface area contributed by atoms with Crippen molar-refractivity contribution in [2.24, 2.45) is 0 Å². The van der Waals surface area contributed by atoms with E-state index in [0.29, 0.717) is 25.1 Å². The Balaban J connectivity index is 1.75. The smallest absolute Gasteiger partial charge is 0.416 e. The summed E-state index contributed by atoms with van der Waals surface area (Å²) in [5.41, 5.74) is 2.19. The molecule has 0 saturated carbocycles. The fraction of sp³-hybridized carbons (Fsp3) is 0.278. The minimum Gasteiger partial charge on any atom is -0.465 e. The van der Waals surface area contributed by atoms with Crippen molar-refractivity contribution >= 4 is 6.09 Å². The number of fused-ring (bicyclic) bond motifs is 1. The highest BCUT2D eigenvalue weighted by Gasteiger charge is 2.31. The first-order valence-corrected chi connectivity index (χ1v) is 7.79. The minimum absolute atomic E-state index is 0.290. The van der Waals surface area contributed by atoms with Gasteiger partial charge in [0.1, 0.15) is 0 Å². The standard InChI is InChI=1S/C18H17F3N2O2/c19-18(20,21)15-7-5-12(6-8-15)9-16(22-17(24)25)23-10-13-3-1-2-4-14(13)11-23/h1-8,16,22H,9-11H2,(H,24,25). The lowest BCUT2D eigenvalue weighted by atomic mass is 10.1. The Morgan fingerprint density at radius 2 is 1.64 bits per heavy atom. The number of alkyl halides is 3. The summed E-state index contributed by atoms with van der Waals surface area (Å²) in [6.07, 6.45) is -5.76. The Morgan fingerprint density at radius 3 is 2.12 bits per heavy atom. The van der Waals surface area contributed by atoms with Crippen LogP contribution in [-0.4, -0.2) is 22.3 Å². The third-order valence-electron chi connectivity index (χ3n) is 4.31. The van der Waals surface area contributed by atoms with Crippen molar-refractivity contribution in [3.8, 4) is 0 Å². The summed E-state index contributed by atoms with van der Waals surface area (Å²) in [6.45, 7) is 1.20. The Labute approximate surface area is 142 Å². The van der Waals surface area contributed by atoms with E-state index in [1.54, 1.807) is 0 Å². The van der Waals surface area contributed by atoms with Crippen LogP contribution in [0.15, 0.2) is 48.5 Å². The molecule has 1 unspecified atom stereocenters. The summed E-state index contributed by atoms with van der Waals surface area (Å²) < 4.78 is 38.0. The summed E-state index contributed by atoms with van der Waals surface area (Å²) >= 11 is 0. The summed E-state index contributed by atoms with van der Waals surface area (Å²) in [6, 6.07) is 12.7. The Morgan fingerprint density at radius 1 is 1.08 bits per heavy atom. The van der Waals surface area contributed by atoms with Crippen molar-refractivity contribution in [3.63, 3.8) is 0 Å². The van der Waals surface area contributed by atoms with Crippen molar-refractivity contribution in [2.45, 2.75) is 31.9 Å². The second-order valence-electron chi connectivity index (χ2n) is 6.04. The normalized spacial score (nSPS) is 15.6. The molecule has 3 rings (SSSR count). The molecule has 0 spiro atoms. The number of benzene rings is 2. The van der Waals surface area contributed by atoms with Gasteiger partial charge >= 0.3 is 12.3 Å². The van der Waals surface area contributed by atoms with Gasteiger partial charge in [-0.05, 0) is 28.8 Å². The first-order valence-electron chi connectivity index (χ1n) is 7.79. The maximum absolute atomic E-state index is 12.7. The highest BCUT2D eigenvalue weighted by molar-refractivity contribution is 5.64. The number of rotatable bonds is 4. The molecule has 1 heterocycles. The van der Waals surface area contributed by atoms with Crippen LogP contribution in [-0.2, 0) is 25.7 Å². The number of nitrogens with zero attached hydrogens (tertiary/aromatic N) is 1. The van der Waals surface area contributed by atoms with Crippen LogP contribution in [0.25, 0.3) is 0 Å². The summed E-state index contributed by atoms with van der Waals surface area (Å²) in [7, 11) is 0. The van der Waals surface area contributed by atoms with Gasteiger partial charge in [0.2, 0.25) is 0 Å². The second kappa shape index (κ2) is 6.76. The van der Waals surface area contributed by atoms with E-state index in [9.17, 15) is 18.0 Å². The van der Waals surface area contributed by atoms with Gasteiger partial charge in [0, 0.05) is 19.5 Å². The van der Waals surface area contributed by atoms with Crippen LogP contribution in [0.4, 0.5) is 18.0 Å². The lowest BCUT2D eigenvalue weighted by Crippen LogP contribution is -2.46. The highest BCUT2D eigenvalue weighted by Crippen LogP contribution is 2.30. The number of carboxylic acid groups (broad SMARTS) is 1. The van der Waals surface area contributed by atoms with E-state index in [-0.39, 0.29) is 0 Å². The topological polar surface area (TPSA) is 52.6 Å². The average Bonchev–Trinajstić information content (AvgIpc) is 2.97. The Hall–Kier alpha value is -2.54. The molecular formula is C18H17F3N2O2. The van der Waals surface area contributed by atoms with Crippen molar-refractivity contribution in [3.05, 3.63) is 70.8 Å². The number of nitrogens with one attached hydrogen (secondary N) is 1. The van der Waals surface area contributed by atoms with Crippen LogP contribution in [0.1, 0.15) is 22.3 Å². The van der Waals surface area contributed by atoms with Gasteiger partial charge in [-0.3, -0.25) is 4.90 Å². The molecule has 2 aromatic carbocycles. The van der Waals surface area contributed by atoms with Gasteiger partial charge in [0.25, 0.3) is 0 Å². The first-order chi connectivity index (χ1) is 11.8. The van der Waals surface area contributed by atoms with Gasteiger partial charge in [0.05, 0.1) is 11.7 Å². The van der Waals surface area contributed by atoms with Gasteiger partial charge in [-0.1, -0.05) is 36.4 Å². The molecule has 0 saturated heterocycles. The summed E-state index contributed by atoms with van der Waals surface area (Å²) in [4.78, 5) is 13.1. The molecule has 7 heteroatoms. The molecule has 1 aliphatic rings. The van der Waals surface area contributed by atoms with E-state index in [1.165, 1.54) is 12.1 Å². The van der Waals surface area contributed by atoms with Crippen molar-refractivity contribution < 1.29 is 23.1 Å². The maximum Gasteiger partial charge on any atom is 0.416 e. The molecule has 2 aromatic rings. The van der Waals surface area contributed by atoms with E-state index in [0.717, 1.165) is 23.3 Å². The van der Waals surface area contributed by atoms with Crippen molar-refractivity contribution in [1.82, 2.24) is 10.2 Å². The van der Waals surface area contributed by atoms with Gasteiger partial charge in [-0.25, -0.2) is 4.79 Å². The Bertz CT molecular complexity index is 735. The molecule has 0 fully saturated rings. The molecule has 2 N–H and O–H groups in total. The molecule has 4 nitrogen and oxygen atoms in total. The predicted molar refractivity (Wildman–Crippen MR) is 85.8 cm³/mol. The minimum atomic E-state index is -4.38. The zero-order chi connectivity index (χ0) is 18.0. The summed E-state index contributed by atoms with van der Waals surface area (Å²) in [5, 5.41) is 11.6. The molecule has 1 amide bonds. The number of halogens is 3. The number of amides is 1. The molecule has 0 radical (unpaired) electrons.